The third-order valence-corrected chi connectivity index (χ3v) is 4.25. The van der Waals surface area contributed by atoms with Crippen LogP contribution in [0.3, 0.4) is 0 Å². The van der Waals surface area contributed by atoms with E-state index in [9.17, 15) is 4.79 Å². The standard InChI is InChI=1S/C15H25N3O2/c1-3-12(2)18-9-8-13(16-18)10-17(11-15(19)20)14-6-4-5-7-14/h8-9,12,14H,3-7,10-11H2,1-2H3,(H,19,20). The summed E-state index contributed by atoms with van der Waals surface area (Å²) < 4.78 is 1.98. The average molecular weight is 279 g/mol. The molecule has 5 heteroatoms. The van der Waals surface area contributed by atoms with Gasteiger partial charge in [0.15, 0.2) is 0 Å². The van der Waals surface area contributed by atoms with E-state index in [0.29, 0.717) is 18.6 Å². The number of carboxylic acids is 1. The van der Waals surface area contributed by atoms with E-state index in [1.165, 1.54) is 12.8 Å². The smallest absolute Gasteiger partial charge is 0.317 e. The quantitative estimate of drug-likeness (QED) is 0.833. The molecule has 1 aromatic rings. The summed E-state index contributed by atoms with van der Waals surface area (Å²) in [7, 11) is 0. The maximum atomic E-state index is 11.0. The van der Waals surface area contributed by atoms with Crippen LogP contribution in [-0.4, -0.2) is 38.3 Å². The lowest BCUT2D eigenvalue weighted by molar-refractivity contribution is -0.139. The SMILES string of the molecule is CCC(C)n1ccc(CN(CC(=O)O)C2CCCC2)n1. The molecule has 112 valence electrons. The predicted molar refractivity (Wildman–Crippen MR) is 77.5 cm³/mol. The van der Waals surface area contributed by atoms with E-state index in [1.54, 1.807) is 0 Å². The summed E-state index contributed by atoms with van der Waals surface area (Å²) in [6.45, 7) is 5.03. The molecule has 1 aliphatic carbocycles. The molecule has 0 aliphatic heterocycles. The monoisotopic (exact) mass is 279 g/mol. The van der Waals surface area contributed by atoms with Crippen LogP contribution in [0.5, 0.6) is 0 Å². The van der Waals surface area contributed by atoms with E-state index < -0.39 is 5.97 Å². The molecule has 0 amide bonds. The molecule has 1 fully saturated rings. The average Bonchev–Trinajstić information content (AvgIpc) is 3.07. The highest BCUT2D eigenvalue weighted by Crippen LogP contribution is 2.24. The van der Waals surface area contributed by atoms with E-state index >= 15 is 0 Å². The van der Waals surface area contributed by atoms with Gasteiger partial charge in [-0.15, -0.1) is 0 Å². The maximum Gasteiger partial charge on any atom is 0.317 e. The van der Waals surface area contributed by atoms with Crippen molar-refractivity contribution in [2.75, 3.05) is 6.54 Å². The zero-order valence-corrected chi connectivity index (χ0v) is 12.5. The second-order valence-corrected chi connectivity index (χ2v) is 5.78. The Labute approximate surface area is 120 Å². The fraction of sp³-hybridized carbons (Fsp3) is 0.733. The van der Waals surface area contributed by atoms with Crippen LogP contribution in [0.4, 0.5) is 0 Å². The third kappa shape index (κ3) is 3.82. The zero-order valence-electron chi connectivity index (χ0n) is 12.5. The molecule has 1 unspecified atom stereocenters. The van der Waals surface area contributed by atoms with Crippen molar-refractivity contribution in [3.8, 4) is 0 Å². The first kappa shape index (κ1) is 15.0. The van der Waals surface area contributed by atoms with Gasteiger partial charge in [-0.2, -0.15) is 5.10 Å². The topological polar surface area (TPSA) is 58.4 Å². The van der Waals surface area contributed by atoms with Gasteiger partial charge in [-0.25, -0.2) is 0 Å². The number of carbonyl (C=O) groups is 1. The van der Waals surface area contributed by atoms with Crippen LogP contribution in [0, 0.1) is 0 Å². The van der Waals surface area contributed by atoms with Crippen molar-refractivity contribution in [2.45, 2.75) is 64.6 Å². The molecule has 1 N–H and O–H groups in total. The van der Waals surface area contributed by atoms with Gasteiger partial charge in [-0.1, -0.05) is 19.8 Å². The van der Waals surface area contributed by atoms with Gasteiger partial charge in [-0.3, -0.25) is 14.4 Å². The van der Waals surface area contributed by atoms with Crippen LogP contribution in [-0.2, 0) is 11.3 Å². The van der Waals surface area contributed by atoms with Gasteiger partial charge in [0.25, 0.3) is 0 Å². The van der Waals surface area contributed by atoms with Gasteiger partial charge in [0.1, 0.15) is 0 Å². The summed E-state index contributed by atoms with van der Waals surface area (Å²) in [4.78, 5) is 13.1. The second-order valence-electron chi connectivity index (χ2n) is 5.78. The van der Waals surface area contributed by atoms with Crippen LogP contribution >= 0.6 is 0 Å². The molecule has 5 nitrogen and oxygen atoms in total. The van der Waals surface area contributed by atoms with E-state index in [4.69, 9.17) is 5.11 Å². The maximum absolute atomic E-state index is 11.0. The van der Waals surface area contributed by atoms with Gasteiger partial charge in [0.05, 0.1) is 12.2 Å². The largest absolute Gasteiger partial charge is 0.480 e. The third-order valence-electron chi connectivity index (χ3n) is 4.25. The van der Waals surface area contributed by atoms with Crippen LogP contribution in [0.1, 0.15) is 57.7 Å². The Morgan fingerprint density at radius 3 is 2.85 bits per heavy atom. The minimum absolute atomic E-state index is 0.112. The lowest BCUT2D eigenvalue weighted by atomic mass is 10.2. The molecule has 20 heavy (non-hydrogen) atoms. The summed E-state index contributed by atoms with van der Waals surface area (Å²) in [5.41, 5.74) is 0.971. The normalized spacial score (nSPS) is 17.8. The van der Waals surface area contributed by atoms with Crippen LogP contribution in [0.2, 0.25) is 0 Å². The lowest BCUT2D eigenvalue weighted by Gasteiger charge is -2.26. The minimum atomic E-state index is -0.752. The first-order chi connectivity index (χ1) is 9.60. The lowest BCUT2D eigenvalue weighted by Crippen LogP contribution is -2.37. The molecule has 0 spiro atoms. The summed E-state index contributed by atoms with van der Waals surface area (Å²) in [5.74, 6) is -0.752. The summed E-state index contributed by atoms with van der Waals surface area (Å²) in [6, 6.07) is 2.80. The van der Waals surface area contributed by atoms with Gasteiger partial charge < -0.3 is 5.11 Å². The number of aliphatic carboxylic acids is 1. The summed E-state index contributed by atoms with van der Waals surface area (Å²) in [5, 5.41) is 13.7. The Kier molecular flexibility index (Phi) is 5.17. The minimum Gasteiger partial charge on any atom is -0.480 e. The first-order valence-corrected chi connectivity index (χ1v) is 7.60. The Bertz CT molecular complexity index is 438. The molecule has 1 aliphatic rings. The van der Waals surface area contributed by atoms with Crippen molar-refractivity contribution in [3.63, 3.8) is 0 Å². The van der Waals surface area contributed by atoms with E-state index in [-0.39, 0.29) is 6.54 Å². The zero-order chi connectivity index (χ0) is 14.5. The van der Waals surface area contributed by atoms with Gasteiger partial charge in [0.2, 0.25) is 0 Å². The fourth-order valence-corrected chi connectivity index (χ4v) is 2.86. The highest BCUT2D eigenvalue weighted by atomic mass is 16.4. The molecule has 1 heterocycles. The molecular formula is C15H25N3O2. The van der Waals surface area contributed by atoms with Gasteiger partial charge >= 0.3 is 5.97 Å². The highest BCUT2D eigenvalue weighted by Gasteiger charge is 2.25. The Hall–Kier alpha value is -1.36. The summed E-state index contributed by atoms with van der Waals surface area (Å²) >= 11 is 0. The molecule has 0 aromatic carbocycles. The van der Waals surface area contributed by atoms with Crippen molar-refractivity contribution in [2.24, 2.45) is 0 Å². The Morgan fingerprint density at radius 1 is 1.55 bits per heavy atom. The Morgan fingerprint density at radius 2 is 2.25 bits per heavy atom. The number of hydrogen-bond donors (Lipinski definition) is 1. The van der Waals surface area contributed by atoms with Crippen molar-refractivity contribution >= 4 is 5.97 Å². The number of aromatic nitrogens is 2. The predicted octanol–water partition coefficient (Wildman–Crippen LogP) is 2.68. The van der Waals surface area contributed by atoms with E-state index in [2.05, 4.69) is 23.8 Å². The molecule has 0 bridgehead atoms. The van der Waals surface area contributed by atoms with Crippen molar-refractivity contribution in [3.05, 3.63) is 18.0 Å². The fourth-order valence-electron chi connectivity index (χ4n) is 2.86. The van der Waals surface area contributed by atoms with E-state index in [1.807, 2.05) is 16.9 Å². The van der Waals surface area contributed by atoms with Gasteiger partial charge in [-0.05, 0) is 32.3 Å². The van der Waals surface area contributed by atoms with Gasteiger partial charge in [0, 0.05) is 24.8 Å². The highest BCUT2D eigenvalue weighted by molar-refractivity contribution is 5.69. The molecule has 2 rings (SSSR count). The second kappa shape index (κ2) is 6.88. The molecule has 0 radical (unpaired) electrons. The van der Waals surface area contributed by atoms with Crippen molar-refractivity contribution in [1.82, 2.24) is 14.7 Å². The molecule has 1 atom stereocenters. The number of rotatable bonds is 7. The van der Waals surface area contributed by atoms with E-state index in [0.717, 1.165) is 25.0 Å². The van der Waals surface area contributed by atoms with Crippen LogP contribution in [0.25, 0.3) is 0 Å². The molecule has 1 saturated carbocycles. The van der Waals surface area contributed by atoms with Crippen LogP contribution in [0.15, 0.2) is 12.3 Å². The number of nitrogens with zero attached hydrogens (tertiary/aromatic N) is 3. The Balaban J connectivity index is 2.02. The van der Waals surface area contributed by atoms with Crippen LogP contribution < -0.4 is 0 Å². The number of carboxylic acid groups (broad SMARTS) is 1. The number of hydrogen-bond acceptors (Lipinski definition) is 3. The first-order valence-electron chi connectivity index (χ1n) is 7.60. The van der Waals surface area contributed by atoms with Crippen molar-refractivity contribution in [1.29, 1.82) is 0 Å². The molecule has 1 aromatic heterocycles. The molecule has 0 saturated heterocycles. The van der Waals surface area contributed by atoms with Crippen molar-refractivity contribution < 1.29 is 9.90 Å². The molecular weight excluding hydrogens is 254 g/mol. The summed E-state index contributed by atoms with van der Waals surface area (Å²) in [6.07, 6.45) is 7.68.